The molecule has 0 aromatic carbocycles. The highest BCUT2D eigenvalue weighted by Gasteiger charge is 2.19. The number of carbonyl (C=O) groups is 1. The predicted octanol–water partition coefficient (Wildman–Crippen LogP) is 1.63. The number of amides is 1. The zero-order chi connectivity index (χ0) is 13.4. The number of thiophene rings is 1. The number of hydrogen-bond donors (Lipinski definition) is 1. The molecule has 2 aromatic rings. The van der Waals surface area contributed by atoms with Crippen LogP contribution >= 0.6 is 11.3 Å². The first-order valence-corrected chi connectivity index (χ1v) is 7.21. The van der Waals surface area contributed by atoms with Crippen LogP contribution in [0.1, 0.15) is 16.9 Å². The van der Waals surface area contributed by atoms with Gasteiger partial charge in [0.15, 0.2) is 0 Å². The zero-order valence-electron chi connectivity index (χ0n) is 11.1. The fourth-order valence-corrected chi connectivity index (χ4v) is 3.37. The van der Waals surface area contributed by atoms with Gasteiger partial charge in [-0.25, -0.2) is 9.97 Å². The number of aromatic nitrogens is 2. The molecule has 0 spiro atoms. The largest absolute Gasteiger partial charge is 0.354 e. The van der Waals surface area contributed by atoms with E-state index in [4.69, 9.17) is 0 Å². The third kappa shape index (κ3) is 2.16. The van der Waals surface area contributed by atoms with Gasteiger partial charge < -0.3 is 10.2 Å². The standard InChI is InChI=1S/C13H16N4OS/c1-8-9(2)19-13-11(8)12(15-7-16-13)17-5-3-10(18)14-4-6-17/h7H,3-6H2,1-2H3,(H,14,18). The second-order valence-corrected chi connectivity index (χ2v) is 5.95. The Morgan fingerprint density at radius 2 is 2.16 bits per heavy atom. The van der Waals surface area contributed by atoms with E-state index in [2.05, 4.69) is 34.0 Å². The predicted molar refractivity (Wildman–Crippen MR) is 76.7 cm³/mol. The monoisotopic (exact) mass is 276 g/mol. The first-order chi connectivity index (χ1) is 9.16. The van der Waals surface area contributed by atoms with Crippen molar-refractivity contribution in [3.05, 3.63) is 16.8 Å². The van der Waals surface area contributed by atoms with Gasteiger partial charge in [-0.15, -0.1) is 11.3 Å². The fourth-order valence-electron chi connectivity index (χ4n) is 2.38. The summed E-state index contributed by atoms with van der Waals surface area (Å²) < 4.78 is 0. The van der Waals surface area contributed by atoms with Crippen LogP contribution in [0.4, 0.5) is 5.82 Å². The summed E-state index contributed by atoms with van der Waals surface area (Å²) in [5.74, 6) is 1.08. The third-order valence-corrected chi connectivity index (χ3v) is 4.67. The first-order valence-electron chi connectivity index (χ1n) is 6.39. The number of carbonyl (C=O) groups excluding carboxylic acids is 1. The lowest BCUT2D eigenvalue weighted by molar-refractivity contribution is -0.120. The molecule has 5 nitrogen and oxygen atoms in total. The molecule has 19 heavy (non-hydrogen) atoms. The van der Waals surface area contributed by atoms with Crippen LogP contribution < -0.4 is 10.2 Å². The Balaban J connectivity index is 2.06. The van der Waals surface area contributed by atoms with Gasteiger partial charge in [-0.3, -0.25) is 4.79 Å². The molecule has 100 valence electrons. The van der Waals surface area contributed by atoms with Crippen molar-refractivity contribution in [3.63, 3.8) is 0 Å². The zero-order valence-corrected chi connectivity index (χ0v) is 11.9. The average molecular weight is 276 g/mol. The van der Waals surface area contributed by atoms with E-state index in [1.54, 1.807) is 17.7 Å². The van der Waals surface area contributed by atoms with Crippen LogP contribution in [0.15, 0.2) is 6.33 Å². The van der Waals surface area contributed by atoms with Crippen molar-refractivity contribution in [2.24, 2.45) is 0 Å². The summed E-state index contributed by atoms with van der Waals surface area (Å²) in [6.07, 6.45) is 2.14. The maximum atomic E-state index is 11.4. The van der Waals surface area contributed by atoms with Gasteiger partial charge >= 0.3 is 0 Å². The van der Waals surface area contributed by atoms with E-state index < -0.39 is 0 Å². The van der Waals surface area contributed by atoms with Gasteiger partial charge in [0.25, 0.3) is 0 Å². The minimum atomic E-state index is 0.117. The summed E-state index contributed by atoms with van der Waals surface area (Å²) in [6, 6.07) is 0. The minimum absolute atomic E-state index is 0.117. The Bertz CT molecular complexity index is 637. The molecule has 0 radical (unpaired) electrons. The van der Waals surface area contributed by atoms with Crippen LogP contribution in [-0.4, -0.2) is 35.5 Å². The SMILES string of the molecule is Cc1sc2ncnc(N3CCNC(=O)CC3)c2c1C. The lowest BCUT2D eigenvalue weighted by atomic mass is 10.2. The topological polar surface area (TPSA) is 58.1 Å². The van der Waals surface area contributed by atoms with E-state index in [1.807, 2.05) is 0 Å². The van der Waals surface area contributed by atoms with Crippen molar-refractivity contribution < 1.29 is 4.79 Å². The molecule has 3 rings (SSSR count). The van der Waals surface area contributed by atoms with E-state index in [1.165, 1.54) is 10.4 Å². The van der Waals surface area contributed by atoms with Crippen LogP contribution in [-0.2, 0) is 4.79 Å². The quantitative estimate of drug-likeness (QED) is 0.860. The number of nitrogens with zero attached hydrogens (tertiary/aromatic N) is 3. The number of hydrogen-bond acceptors (Lipinski definition) is 5. The summed E-state index contributed by atoms with van der Waals surface area (Å²) in [4.78, 5) is 24.7. The van der Waals surface area contributed by atoms with Gasteiger partial charge in [0.05, 0.1) is 5.39 Å². The van der Waals surface area contributed by atoms with Crippen LogP contribution in [0.25, 0.3) is 10.2 Å². The molecule has 0 saturated carbocycles. The summed E-state index contributed by atoms with van der Waals surface area (Å²) in [6.45, 7) is 6.41. The molecule has 0 atom stereocenters. The number of rotatable bonds is 1. The number of nitrogens with one attached hydrogen (secondary N) is 1. The molecule has 0 bridgehead atoms. The average Bonchev–Trinajstić information content (AvgIpc) is 2.58. The molecule has 1 fully saturated rings. The Morgan fingerprint density at radius 1 is 1.32 bits per heavy atom. The summed E-state index contributed by atoms with van der Waals surface area (Å²) >= 11 is 1.70. The van der Waals surface area contributed by atoms with E-state index in [0.29, 0.717) is 19.5 Å². The van der Waals surface area contributed by atoms with Crippen molar-refractivity contribution in [2.45, 2.75) is 20.3 Å². The lowest BCUT2D eigenvalue weighted by Gasteiger charge is -2.21. The highest BCUT2D eigenvalue weighted by Crippen LogP contribution is 2.34. The molecule has 1 aliphatic rings. The molecular formula is C13H16N4OS. The molecule has 1 amide bonds. The second-order valence-electron chi connectivity index (χ2n) is 4.75. The van der Waals surface area contributed by atoms with E-state index in [9.17, 15) is 4.79 Å². The Morgan fingerprint density at radius 3 is 3.00 bits per heavy atom. The molecule has 1 aliphatic heterocycles. The lowest BCUT2D eigenvalue weighted by Crippen LogP contribution is -2.29. The summed E-state index contributed by atoms with van der Waals surface area (Å²) in [5.41, 5.74) is 1.25. The molecule has 1 N–H and O–H groups in total. The van der Waals surface area contributed by atoms with Crippen LogP contribution in [0.5, 0.6) is 0 Å². The number of fused-ring (bicyclic) bond motifs is 1. The van der Waals surface area contributed by atoms with Gasteiger partial charge in [0.1, 0.15) is 17.0 Å². The highest BCUT2D eigenvalue weighted by molar-refractivity contribution is 7.18. The number of anilines is 1. The highest BCUT2D eigenvalue weighted by atomic mass is 32.1. The van der Waals surface area contributed by atoms with Gasteiger partial charge in [0, 0.05) is 30.9 Å². The van der Waals surface area contributed by atoms with Crippen LogP contribution in [0.2, 0.25) is 0 Å². The van der Waals surface area contributed by atoms with Crippen molar-refractivity contribution in [1.29, 1.82) is 0 Å². The Hall–Kier alpha value is -1.69. The molecule has 1 saturated heterocycles. The maximum absolute atomic E-state index is 11.4. The Labute approximate surface area is 115 Å². The van der Waals surface area contributed by atoms with Gasteiger partial charge in [-0.1, -0.05) is 0 Å². The normalized spacial score (nSPS) is 16.5. The smallest absolute Gasteiger partial charge is 0.221 e. The maximum Gasteiger partial charge on any atom is 0.221 e. The molecule has 0 unspecified atom stereocenters. The summed E-state index contributed by atoms with van der Waals surface area (Å²) in [5, 5.41) is 4.03. The van der Waals surface area contributed by atoms with Gasteiger partial charge in [0.2, 0.25) is 5.91 Å². The van der Waals surface area contributed by atoms with Gasteiger partial charge in [-0.2, -0.15) is 0 Å². The van der Waals surface area contributed by atoms with E-state index >= 15 is 0 Å². The first kappa shape index (κ1) is 12.3. The molecule has 2 aromatic heterocycles. The van der Waals surface area contributed by atoms with Crippen molar-refractivity contribution >= 4 is 33.3 Å². The number of aryl methyl sites for hydroxylation is 2. The summed E-state index contributed by atoms with van der Waals surface area (Å²) in [7, 11) is 0. The Kier molecular flexibility index (Phi) is 3.10. The van der Waals surface area contributed by atoms with Crippen molar-refractivity contribution in [3.8, 4) is 0 Å². The van der Waals surface area contributed by atoms with Gasteiger partial charge in [-0.05, 0) is 19.4 Å². The van der Waals surface area contributed by atoms with E-state index in [0.717, 1.165) is 22.6 Å². The van der Waals surface area contributed by atoms with Crippen molar-refractivity contribution in [1.82, 2.24) is 15.3 Å². The van der Waals surface area contributed by atoms with Crippen LogP contribution in [0.3, 0.4) is 0 Å². The molecule has 3 heterocycles. The molecule has 0 aliphatic carbocycles. The molecular weight excluding hydrogens is 260 g/mol. The van der Waals surface area contributed by atoms with E-state index in [-0.39, 0.29) is 5.91 Å². The third-order valence-electron chi connectivity index (χ3n) is 3.56. The fraction of sp³-hybridized carbons (Fsp3) is 0.462. The molecule has 6 heteroatoms. The second kappa shape index (κ2) is 4.77. The minimum Gasteiger partial charge on any atom is -0.354 e. The van der Waals surface area contributed by atoms with Crippen LogP contribution in [0, 0.1) is 13.8 Å². The van der Waals surface area contributed by atoms with Crippen molar-refractivity contribution in [2.75, 3.05) is 24.5 Å².